The zero-order valence-electron chi connectivity index (χ0n) is 11.8. The van der Waals surface area contributed by atoms with Gasteiger partial charge in [-0.15, -0.1) is 0 Å². The maximum absolute atomic E-state index is 10.8. The maximum atomic E-state index is 10.8. The smallest absolute Gasteiger partial charge is 0.423 e. The fourth-order valence-electron chi connectivity index (χ4n) is 2.77. The number of aldehydes is 1. The monoisotopic (exact) mass is 250 g/mol. The van der Waals surface area contributed by atoms with Gasteiger partial charge >= 0.3 is 7.12 Å². The molecule has 0 saturated heterocycles. The molecule has 0 saturated carbocycles. The van der Waals surface area contributed by atoms with Crippen molar-refractivity contribution in [3.05, 3.63) is 22.2 Å². The third-order valence-corrected chi connectivity index (χ3v) is 4.05. The number of allylic oxidation sites excluding steroid dienone is 4. The van der Waals surface area contributed by atoms with Crippen molar-refractivity contribution in [2.75, 3.05) is 0 Å². The van der Waals surface area contributed by atoms with Crippen molar-refractivity contribution in [3.8, 4) is 0 Å². The average Bonchev–Trinajstić information content (AvgIpc) is 2.26. The molecule has 0 aliphatic heterocycles. The van der Waals surface area contributed by atoms with E-state index in [1.807, 2.05) is 0 Å². The minimum Gasteiger partial charge on any atom is -0.423 e. The van der Waals surface area contributed by atoms with Gasteiger partial charge in [-0.2, -0.15) is 0 Å². The molecule has 0 spiro atoms. The topological polar surface area (TPSA) is 57.5 Å². The van der Waals surface area contributed by atoms with Gasteiger partial charge in [0.1, 0.15) is 6.29 Å². The van der Waals surface area contributed by atoms with E-state index >= 15 is 0 Å². The number of carbonyl (C=O) groups is 1. The summed E-state index contributed by atoms with van der Waals surface area (Å²) in [6.45, 7) is 8.10. The zero-order valence-corrected chi connectivity index (χ0v) is 11.8. The molecule has 1 rings (SSSR count). The number of hydrogen-bond donors (Lipinski definition) is 2. The summed E-state index contributed by atoms with van der Waals surface area (Å²) in [6.07, 6.45) is 4.53. The van der Waals surface area contributed by atoms with Gasteiger partial charge in [-0.1, -0.05) is 25.0 Å². The van der Waals surface area contributed by atoms with Crippen LogP contribution in [-0.2, 0) is 4.79 Å². The van der Waals surface area contributed by atoms with Crippen LogP contribution in [0.5, 0.6) is 0 Å². The fraction of sp³-hybridized carbons (Fsp3) is 0.643. The van der Waals surface area contributed by atoms with E-state index in [2.05, 4.69) is 20.8 Å². The van der Waals surface area contributed by atoms with Crippen LogP contribution in [0, 0.1) is 5.41 Å². The van der Waals surface area contributed by atoms with Gasteiger partial charge in [0.05, 0.1) is 0 Å². The normalized spacial score (nSPS) is 20.6. The molecule has 1 aliphatic carbocycles. The average molecular weight is 250 g/mol. The number of hydrogen-bond acceptors (Lipinski definition) is 3. The molecule has 18 heavy (non-hydrogen) atoms. The van der Waals surface area contributed by atoms with Crippen LogP contribution in [0.2, 0.25) is 0 Å². The molecule has 0 heterocycles. The minimum absolute atomic E-state index is 0.0750. The zero-order chi connectivity index (χ0) is 13.9. The molecule has 0 aromatic carbocycles. The van der Waals surface area contributed by atoms with Crippen LogP contribution in [0.15, 0.2) is 22.2 Å². The van der Waals surface area contributed by atoms with Crippen LogP contribution < -0.4 is 0 Å². The Balaban J connectivity index is 3.11. The Hall–Kier alpha value is -0.865. The van der Waals surface area contributed by atoms with Crippen LogP contribution in [0.3, 0.4) is 0 Å². The molecule has 0 fully saturated rings. The molecule has 0 bridgehead atoms. The lowest BCUT2D eigenvalue weighted by atomic mass is 9.65. The summed E-state index contributed by atoms with van der Waals surface area (Å²) in [4.78, 5) is 10.8. The summed E-state index contributed by atoms with van der Waals surface area (Å²) in [5.41, 5.74) is 3.49. The third-order valence-electron chi connectivity index (χ3n) is 4.05. The lowest BCUT2D eigenvalue weighted by molar-refractivity contribution is -0.104. The molecule has 0 aromatic rings. The van der Waals surface area contributed by atoms with Crippen molar-refractivity contribution < 1.29 is 14.8 Å². The first-order chi connectivity index (χ1) is 8.29. The summed E-state index contributed by atoms with van der Waals surface area (Å²) in [6, 6.07) is 0. The van der Waals surface area contributed by atoms with E-state index in [9.17, 15) is 14.8 Å². The summed E-state index contributed by atoms with van der Waals surface area (Å²) < 4.78 is 0. The van der Waals surface area contributed by atoms with Gasteiger partial charge in [0.25, 0.3) is 0 Å². The van der Waals surface area contributed by atoms with Crippen molar-refractivity contribution in [1.29, 1.82) is 0 Å². The molecule has 0 aromatic heterocycles. The van der Waals surface area contributed by atoms with Gasteiger partial charge in [0.15, 0.2) is 0 Å². The van der Waals surface area contributed by atoms with Crippen molar-refractivity contribution >= 4 is 13.4 Å². The molecule has 3 nitrogen and oxygen atoms in total. The first-order valence-electron chi connectivity index (χ1n) is 6.49. The Morgan fingerprint density at radius 3 is 2.50 bits per heavy atom. The highest BCUT2D eigenvalue weighted by Crippen LogP contribution is 2.43. The quantitative estimate of drug-likeness (QED) is 0.348. The number of carbonyl (C=O) groups excluding carboxylic acids is 1. The van der Waals surface area contributed by atoms with Gasteiger partial charge < -0.3 is 10.0 Å². The molecule has 2 N–H and O–H groups in total. The molecule has 1 aliphatic rings. The third kappa shape index (κ3) is 3.33. The van der Waals surface area contributed by atoms with Gasteiger partial charge in [-0.05, 0) is 56.0 Å². The fourth-order valence-corrected chi connectivity index (χ4v) is 2.77. The SMILES string of the molecule is CC(C=O)=C(CC1=C(C)CCCC1(C)C)B(O)O. The second kappa shape index (κ2) is 5.85. The highest BCUT2D eigenvalue weighted by atomic mass is 16.4. The van der Waals surface area contributed by atoms with E-state index in [0.717, 1.165) is 12.8 Å². The van der Waals surface area contributed by atoms with Crippen LogP contribution >= 0.6 is 0 Å². The van der Waals surface area contributed by atoms with Gasteiger partial charge in [-0.25, -0.2) is 0 Å². The van der Waals surface area contributed by atoms with Crippen LogP contribution in [-0.4, -0.2) is 23.5 Å². The molecule has 0 amide bonds. The summed E-state index contributed by atoms with van der Waals surface area (Å²) in [5.74, 6) is 0. The Bertz CT molecular complexity index is 392. The van der Waals surface area contributed by atoms with Crippen LogP contribution in [0.1, 0.15) is 53.4 Å². The second-order valence-corrected chi connectivity index (χ2v) is 5.87. The molecule has 0 unspecified atom stereocenters. The Morgan fingerprint density at radius 1 is 1.44 bits per heavy atom. The van der Waals surface area contributed by atoms with Crippen molar-refractivity contribution in [1.82, 2.24) is 0 Å². The minimum atomic E-state index is -1.55. The van der Waals surface area contributed by atoms with E-state index in [4.69, 9.17) is 0 Å². The van der Waals surface area contributed by atoms with Crippen molar-refractivity contribution in [2.24, 2.45) is 5.41 Å². The van der Waals surface area contributed by atoms with E-state index in [0.29, 0.717) is 23.8 Å². The summed E-state index contributed by atoms with van der Waals surface area (Å²) in [7, 11) is -1.55. The molecule has 4 heteroatoms. The molecule has 0 radical (unpaired) electrons. The molecule has 0 atom stereocenters. The van der Waals surface area contributed by atoms with Crippen molar-refractivity contribution in [3.63, 3.8) is 0 Å². The predicted octanol–water partition coefficient (Wildman–Crippen LogP) is 2.43. The van der Waals surface area contributed by atoms with Gasteiger partial charge in [0.2, 0.25) is 0 Å². The standard InChI is InChI=1S/C14H23BO3/c1-10-6-5-7-14(3,4)12(10)8-13(15(17)18)11(2)9-16/h9,17-18H,5-8H2,1-4H3. The van der Waals surface area contributed by atoms with Crippen LogP contribution in [0.25, 0.3) is 0 Å². The van der Waals surface area contributed by atoms with Crippen molar-refractivity contribution in [2.45, 2.75) is 53.4 Å². The van der Waals surface area contributed by atoms with E-state index < -0.39 is 7.12 Å². The van der Waals surface area contributed by atoms with E-state index in [1.54, 1.807) is 6.92 Å². The highest BCUT2D eigenvalue weighted by Gasteiger charge is 2.31. The molecular formula is C14H23BO3. The maximum Gasteiger partial charge on any atom is 0.484 e. The Kier molecular flexibility index (Phi) is 4.94. The Morgan fingerprint density at radius 2 is 2.06 bits per heavy atom. The van der Waals surface area contributed by atoms with Gasteiger partial charge in [-0.3, -0.25) is 4.79 Å². The molecule has 100 valence electrons. The second-order valence-electron chi connectivity index (χ2n) is 5.87. The van der Waals surface area contributed by atoms with E-state index in [-0.39, 0.29) is 5.41 Å². The molecular weight excluding hydrogens is 227 g/mol. The van der Waals surface area contributed by atoms with E-state index in [1.165, 1.54) is 17.6 Å². The predicted molar refractivity (Wildman–Crippen MR) is 73.9 cm³/mol. The number of rotatable bonds is 4. The first kappa shape index (κ1) is 15.2. The highest BCUT2D eigenvalue weighted by molar-refractivity contribution is 6.51. The lowest BCUT2D eigenvalue weighted by Crippen LogP contribution is -2.25. The summed E-state index contributed by atoms with van der Waals surface area (Å²) >= 11 is 0. The first-order valence-corrected chi connectivity index (χ1v) is 6.49. The largest absolute Gasteiger partial charge is 0.484 e. The van der Waals surface area contributed by atoms with Gasteiger partial charge in [0, 0.05) is 0 Å². The van der Waals surface area contributed by atoms with Crippen LogP contribution in [0.4, 0.5) is 0 Å². The lowest BCUT2D eigenvalue weighted by Gasteiger charge is -2.35. The summed E-state index contributed by atoms with van der Waals surface area (Å²) in [5, 5.41) is 18.8. The Labute approximate surface area is 110 Å².